The van der Waals surface area contributed by atoms with E-state index >= 15 is 0 Å². The number of rotatable bonds is 5. The Morgan fingerprint density at radius 1 is 1.08 bits per heavy atom. The van der Waals surface area contributed by atoms with Crippen LogP contribution in [-0.4, -0.2) is 28.4 Å². The maximum atomic E-state index is 13.4. The summed E-state index contributed by atoms with van der Waals surface area (Å²) in [5.74, 6) is -1.39. The summed E-state index contributed by atoms with van der Waals surface area (Å²) in [6, 6.07) is 16.4. The number of aliphatic hydroxyl groups is 1. The molecule has 0 spiro atoms. The fourth-order valence-corrected chi connectivity index (χ4v) is 5.60. The summed E-state index contributed by atoms with van der Waals surface area (Å²) in [6.45, 7) is 4.26. The van der Waals surface area contributed by atoms with Crippen molar-refractivity contribution in [2.24, 2.45) is 0 Å². The number of amides is 1. The first-order valence-corrected chi connectivity index (χ1v) is 12.7. The molecular formula is C27H20Cl2N2O4S. The Morgan fingerprint density at radius 3 is 2.64 bits per heavy atom. The normalized spacial score (nSPS) is 17.2. The molecule has 1 saturated heterocycles. The van der Waals surface area contributed by atoms with Crippen molar-refractivity contribution >= 4 is 67.3 Å². The number of halogens is 2. The number of ketones is 1. The number of nitrogens with zero attached hydrogens (tertiary/aromatic N) is 2. The Labute approximate surface area is 221 Å². The monoisotopic (exact) mass is 538 g/mol. The lowest BCUT2D eigenvalue weighted by molar-refractivity contribution is -0.132. The average Bonchev–Trinajstić information content (AvgIpc) is 3.38. The van der Waals surface area contributed by atoms with Gasteiger partial charge in [-0.15, -0.1) is 0 Å². The second-order valence-corrected chi connectivity index (χ2v) is 10.1. The molecule has 0 radical (unpaired) electrons. The van der Waals surface area contributed by atoms with Crippen molar-refractivity contribution in [3.05, 3.63) is 93.0 Å². The molecule has 1 fully saturated rings. The minimum Gasteiger partial charge on any atom is -0.507 e. The molecule has 0 saturated carbocycles. The van der Waals surface area contributed by atoms with Crippen LogP contribution < -0.4 is 9.64 Å². The van der Waals surface area contributed by atoms with E-state index in [1.54, 1.807) is 42.5 Å². The summed E-state index contributed by atoms with van der Waals surface area (Å²) in [5.41, 5.74) is 2.56. The first-order valence-electron chi connectivity index (χ1n) is 11.1. The number of hydrogen-bond acceptors (Lipinski definition) is 6. The highest BCUT2D eigenvalue weighted by Gasteiger charge is 2.48. The zero-order valence-corrected chi connectivity index (χ0v) is 21.6. The summed E-state index contributed by atoms with van der Waals surface area (Å²) < 4.78 is 6.42. The predicted octanol–water partition coefficient (Wildman–Crippen LogP) is 6.94. The van der Waals surface area contributed by atoms with Gasteiger partial charge in [0.2, 0.25) is 0 Å². The lowest BCUT2D eigenvalue weighted by Crippen LogP contribution is -2.29. The van der Waals surface area contributed by atoms with E-state index in [1.807, 2.05) is 32.0 Å². The number of fused-ring (bicyclic) bond motifs is 1. The van der Waals surface area contributed by atoms with Gasteiger partial charge in [-0.2, -0.15) is 0 Å². The number of carbonyl (C=O) groups excluding carboxylic acids is 2. The molecule has 0 bridgehead atoms. The Balaban J connectivity index is 1.73. The van der Waals surface area contributed by atoms with Gasteiger partial charge in [-0.3, -0.25) is 14.5 Å². The van der Waals surface area contributed by atoms with Crippen molar-refractivity contribution < 1.29 is 19.4 Å². The van der Waals surface area contributed by atoms with Crippen molar-refractivity contribution in [3.63, 3.8) is 0 Å². The minimum atomic E-state index is -0.961. The molecule has 1 N–H and O–H groups in total. The molecule has 0 aliphatic carbocycles. The first-order chi connectivity index (χ1) is 17.3. The van der Waals surface area contributed by atoms with E-state index in [1.165, 1.54) is 16.2 Å². The topological polar surface area (TPSA) is 79.7 Å². The Kier molecular flexibility index (Phi) is 6.47. The smallest absolute Gasteiger partial charge is 0.301 e. The first kappa shape index (κ1) is 24.3. The summed E-state index contributed by atoms with van der Waals surface area (Å²) in [7, 11) is 0. The summed E-state index contributed by atoms with van der Waals surface area (Å²) >= 11 is 13.8. The third-order valence-corrected chi connectivity index (χ3v) is 7.62. The lowest BCUT2D eigenvalue weighted by Gasteiger charge is -2.23. The van der Waals surface area contributed by atoms with Crippen LogP contribution in [-0.2, 0) is 9.59 Å². The van der Waals surface area contributed by atoms with Gasteiger partial charge >= 0.3 is 5.91 Å². The van der Waals surface area contributed by atoms with E-state index in [2.05, 4.69) is 4.98 Å². The molecule has 1 aliphatic heterocycles. The van der Waals surface area contributed by atoms with E-state index in [0.717, 1.165) is 10.3 Å². The van der Waals surface area contributed by atoms with Crippen LogP contribution in [0, 0.1) is 6.92 Å². The number of carbonyl (C=O) groups is 2. The summed E-state index contributed by atoms with van der Waals surface area (Å²) in [6.07, 6.45) is 0. The molecule has 9 heteroatoms. The number of anilines is 1. The van der Waals surface area contributed by atoms with Crippen LogP contribution in [0.1, 0.15) is 29.7 Å². The number of aliphatic hydroxyl groups excluding tert-OH is 1. The van der Waals surface area contributed by atoms with Gasteiger partial charge in [-0.05, 0) is 61.4 Å². The molecule has 1 atom stereocenters. The molecule has 4 aromatic rings. The zero-order chi connectivity index (χ0) is 25.6. The van der Waals surface area contributed by atoms with Crippen molar-refractivity contribution in [2.45, 2.75) is 19.9 Å². The van der Waals surface area contributed by atoms with Gasteiger partial charge < -0.3 is 9.84 Å². The molecule has 2 heterocycles. The molecule has 3 aromatic carbocycles. The van der Waals surface area contributed by atoms with Gasteiger partial charge in [0.1, 0.15) is 11.5 Å². The fourth-order valence-electron chi connectivity index (χ4n) is 4.21. The average molecular weight is 539 g/mol. The maximum Gasteiger partial charge on any atom is 0.301 e. The van der Waals surface area contributed by atoms with Gasteiger partial charge in [0.25, 0.3) is 5.78 Å². The molecule has 1 amide bonds. The van der Waals surface area contributed by atoms with Gasteiger partial charge in [-0.25, -0.2) is 4.98 Å². The quantitative estimate of drug-likeness (QED) is 0.169. The maximum absolute atomic E-state index is 13.4. The van der Waals surface area contributed by atoms with E-state index in [9.17, 15) is 14.7 Å². The second kappa shape index (κ2) is 9.58. The van der Waals surface area contributed by atoms with Crippen LogP contribution >= 0.6 is 34.5 Å². The number of Topliss-reactive ketones (excluding diaryl/α,β-unsaturated/α-hetero) is 1. The van der Waals surface area contributed by atoms with Crippen LogP contribution in [0.5, 0.6) is 5.75 Å². The highest BCUT2D eigenvalue weighted by atomic mass is 35.5. The Hall–Kier alpha value is -3.39. The Morgan fingerprint density at radius 2 is 1.89 bits per heavy atom. The largest absolute Gasteiger partial charge is 0.507 e. The van der Waals surface area contributed by atoms with Crippen molar-refractivity contribution in [2.75, 3.05) is 11.5 Å². The summed E-state index contributed by atoms with van der Waals surface area (Å²) in [5, 5.41) is 12.3. The van der Waals surface area contributed by atoms with Gasteiger partial charge in [0.05, 0.1) is 38.5 Å². The van der Waals surface area contributed by atoms with Crippen LogP contribution in [0.15, 0.2) is 66.2 Å². The number of hydrogen-bond donors (Lipinski definition) is 1. The predicted molar refractivity (Wildman–Crippen MR) is 143 cm³/mol. The van der Waals surface area contributed by atoms with Gasteiger partial charge in [0, 0.05) is 5.56 Å². The molecule has 36 heavy (non-hydrogen) atoms. The van der Waals surface area contributed by atoms with Crippen LogP contribution in [0.25, 0.3) is 16.0 Å². The SMILES string of the molecule is CCOc1cccc(C(O)=C2C(=O)C(=O)N(c3nc4ccc(C)cc4s3)C2c2ccc(Cl)c(Cl)c2)c1. The molecule has 1 aromatic heterocycles. The van der Waals surface area contributed by atoms with Crippen LogP contribution in [0.3, 0.4) is 0 Å². The number of aromatic nitrogens is 1. The molecule has 6 nitrogen and oxygen atoms in total. The van der Waals surface area contributed by atoms with Crippen molar-refractivity contribution in [3.8, 4) is 5.75 Å². The van der Waals surface area contributed by atoms with Crippen molar-refractivity contribution in [1.82, 2.24) is 4.98 Å². The molecule has 1 aliphatic rings. The number of benzene rings is 3. The van der Waals surface area contributed by atoms with Crippen molar-refractivity contribution in [1.29, 1.82) is 0 Å². The third kappa shape index (κ3) is 4.23. The highest BCUT2D eigenvalue weighted by molar-refractivity contribution is 7.22. The standard InChI is InChI=1S/C27H20Cl2N2O4S/c1-3-35-17-6-4-5-16(12-17)24(32)22-23(15-8-9-18(28)19(29)13-15)31(26(34)25(22)33)27-30-20-10-7-14(2)11-21(20)36-27/h4-13,23,32H,3H2,1-2H3. The van der Waals surface area contributed by atoms with E-state index in [4.69, 9.17) is 27.9 Å². The molecule has 5 rings (SSSR count). The number of aryl methyl sites for hydroxylation is 1. The minimum absolute atomic E-state index is 0.0672. The van der Waals surface area contributed by atoms with E-state index in [-0.39, 0.29) is 16.4 Å². The summed E-state index contributed by atoms with van der Waals surface area (Å²) in [4.78, 5) is 32.8. The van der Waals surface area contributed by atoms with E-state index < -0.39 is 17.7 Å². The second-order valence-electron chi connectivity index (χ2n) is 8.27. The van der Waals surface area contributed by atoms with Crippen LogP contribution in [0.2, 0.25) is 10.0 Å². The lowest BCUT2D eigenvalue weighted by atomic mass is 9.95. The molecular weight excluding hydrogens is 519 g/mol. The van der Waals surface area contributed by atoms with Gasteiger partial charge in [0.15, 0.2) is 5.13 Å². The Bertz CT molecular complexity index is 1560. The fraction of sp³-hybridized carbons (Fsp3) is 0.148. The van der Waals surface area contributed by atoms with Gasteiger partial charge in [-0.1, -0.05) is 58.8 Å². The zero-order valence-electron chi connectivity index (χ0n) is 19.3. The van der Waals surface area contributed by atoms with E-state index in [0.29, 0.717) is 39.2 Å². The third-order valence-electron chi connectivity index (χ3n) is 5.86. The number of ether oxygens (including phenoxy) is 1. The molecule has 1 unspecified atom stereocenters. The van der Waals surface area contributed by atoms with Crippen LogP contribution in [0.4, 0.5) is 5.13 Å². The highest BCUT2D eigenvalue weighted by Crippen LogP contribution is 2.45. The number of thiazole rings is 1. The molecule has 182 valence electrons.